The molecule has 0 saturated heterocycles. The lowest BCUT2D eigenvalue weighted by Crippen LogP contribution is -2.23. The van der Waals surface area contributed by atoms with E-state index in [9.17, 15) is 14.7 Å². The smallest absolute Gasteiger partial charge is 0.304 e. The summed E-state index contributed by atoms with van der Waals surface area (Å²) in [5.74, 6) is 0.0890. The van der Waals surface area contributed by atoms with Gasteiger partial charge < -0.3 is 14.9 Å². The third kappa shape index (κ3) is 6.69. The molecular weight excluding hydrogens is 370 g/mol. The highest BCUT2D eigenvalue weighted by Crippen LogP contribution is 2.31. The number of aliphatic carboxylic acids is 1. The fourth-order valence-corrected chi connectivity index (χ4v) is 4.01. The zero-order chi connectivity index (χ0) is 20.5. The van der Waals surface area contributed by atoms with Gasteiger partial charge in [0.05, 0.1) is 13.0 Å². The number of benzene rings is 1. The molecule has 1 aliphatic rings. The van der Waals surface area contributed by atoms with Crippen molar-refractivity contribution in [3.63, 3.8) is 0 Å². The molecule has 156 valence electrons. The minimum atomic E-state index is -0.871. The lowest BCUT2D eigenvalue weighted by atomic mass is 9.84. The first-order valence-electron chi connectivity index (χ1n) is 10.5. The first-order valence-corrected chi connectivity index (χ1v) is 10.5. The number of amides is 1. The molecule has 3 rings (SSSR count). The molecule has 29 heavy (non-hydrogen) atoms. The average Bonchev–Trinajstić information content (AvgIpc) is 3.21. The van der Waals surface area contributed by atoms with Crippen LogP contribution in [-0.2, 0) is 11.3 Å². The van der Waals surface area contributed by atoms with E-state index in [2.05, 4.69) is 15.5 Å². The SMILES string of the molecule is O=C(O)CC(CCCC1CCCCC1)c1nc(CNC(=O)c2ccccc2)no1. The summed E-state index contributed by atoms with van der Waals surface area (Å²) in [6.45, 7) is 0.138. The van der Waals surface area contributed by atoms with Gasteiger partial charge in [-0.05, 0) is 24.5 Å². The van der Waals surface area contributed by atoms with Crippen molar-refractivity contribution < 1.29 is 19.2 Å². The lowest BCUT2D eigenvalue weighted by Gasteiger charge is -2.21. The number of hydrogen-bond donors (Lipinski definition) is 2. The second-order valence-corrected chi connectivity index (χ2v) is 7.83. The highest BCUT2D eigenvalue weighted by Gasteiger charge is 2.23. The minimum Gasteiger partial charge on any atom is -0.481 e. The minimum absolute atomic E-state index is 0.0251. The first-order chi connectivity index (χ1) is 14.1. The van der Waals surface area contributed by atoms with E-state index >= 15 is 0 Å². The van der Waals surface area contributed by atoms with Gasteiger partial charge in [-0.1, -0.05) is 68.3 Å². The van der Waals surface area contributed by atoms with Crippen LogP contribution < -0.4 is 5.32 Å². The Morgan fingerprint density at radius 3 is 2.66 bits per heavy atom. The van der Waals surface area contributed by atoms with Crippen LogP contribution in [0.15, 0.2) is 34.9 Å². The van der Waals surface area contributed by atoms with Gasteiger partial charge in [0.25, 0.3) is 5.91 Å². The van der Waals surface area contributed by atoms with E-state index in [-0.39, 0.29) is 24.8 Å². The van der Waals surface area contributed by atoms with E-state index in [1.807, 2.05) is 6.07 Å². The summed E-state index contributed by atoms with van der Waals surface area (Å²) in [7, 11) is 0. The van der Waals surface area contributed by atoms with Crippen LogP contribution in [0.2, 0.25) is 0 Å². The maximum atomic E-state index is 12.1. The van der Waals surface area contributed by atoms with Gasteiger partial charge in [-0.2, -0.15) is 4.98 Å². The molecule has 1 saturated carbocycles. The average molecular weight is 399 g/mol. The number of nitrogens with one attached hydrogen (secondary N) is 1. The third-order valence-corrected chi connectivity index (χ3v) is 5.59. The van der Waals surface area contributed by atoms with Crippen molar-refractivity contribution in [1.82, 2.24) is 15.5 Å². The predicted molar refractivity (Wildman–Crippen MR) is 107 cm³/mol. The molecule has 0 aliphatic heterocycles. The molecule has 1 amide bonds. The van der Waals surface area contributed by atoms with Crippen LogP contribution in [0, 0.1) is 5.92 Å². The van der Waals surface area contributed by atoms with Gasteiger partial charge in [-0.15, -0.1) is 0 Å². The number of carboxylic acid groups (broad SMARTS) is 1. The highest BCUT2D eigenvalue weighted by atomic mass is 16.5. The van der Waals surface area contributed by atoms with E-state index < -0.39 is 5.97 Å². The maximum Gasteiger partial charge on any atom is 0.304 e. The van der Waals surface area contributed by atoms with Crippen molar-refractivity contribution in [3.05, 3.63) is 47.6 Å². The Morgan fingerprint density at radius 1 is 1.17 bits per heavy atom. The van der Waals surface area contributed by atoms with Crippen molar-refractivity contribution in [2.45, 2.75) is 70.3 Å². The molecule has 0 radical (unpaired) electrons. The number of nitrogens with zero attached hydrogens (tertiary/aromatic N) is 2. The van der Waals surface area contributed by atoms with Crippen LogP contribution in [0.4, 0.5) is 0 Å². The van der Waals surface area contributed by atoms with E-state index in [1.54, 1.807) is 24.3 Å². The van der Waals surface area contributed by atoms with Gasteiger partial charge in [-0.25, -0.2) is 0 Å². The molecule has 7 heteroatoms. The van der Waals surface area contributed by atoms with Crippen molar-refractivity contribution >= 4 is 11.9 Å². The summed E-state index contributed by atoms with van der Waals surface area (Å²) in [6, 6.07) is 8.90. The van der Waals surface area contributed by atoms with Gasteiger partial charge in [0.2, 0.25) is 5.89 Å². The van der Waals surface area contributed by atoms with E-state index in [0.29, 0.717) is 17.3 Å². The Morgan fingerprint density at radius 2 is 1.93 bits per heavy atom. The molecule has 1 atom stereocenters. The van der Waals surface area contributed by atoms with Crippen molar-refractivity contribution in [3.8, 4) is 0 Å². The Kier molecular flexibility index (Phi) is 7.78. The lowest BCUT2D eigenvalue weighted by molar-refractivity contribution is -0.137. The van der Waals surface area contributed by atoms with E-state index in [4.69, 9.17) is 4.52 Å². The van der Waals surface area contributed by atoms with Crippen LogP contribution in [0.5, 0.6) is 0 Å². The molecular formula is C22H29N3O4. The summed E-state index contributed by atoms with van der Waals surface area (Å²) in [6.07, 6.45) is 9.32. The van der Waals surface area contributed by atoms with Gasteiger partial charge in [0.15, 0.2) is 5.82 Å². The summed E-state index contributed by atoms with van der Waals surface area (Å²) >= 11 is 0. The van der Waals surface area contributed by atoms with Crippen LogP contribution in [0.25, 0.3) is 0 Å². The maximum absolute atomic E-state index is 12.1. The second-order valence-electron chi connectivity index (χ2n) is 7.83. The van der Waals surface area contributed by atoms with Gasteiger partial charge in [-0.3, -0.25) is 9.59 Å². The third-order valence-electron chi connectivity index (χ3n) is 5.59. The Bertz CT molecular complexity index is 784. The number of carbonyl (C=O) groups is 2. The predicted octanol–water partition coefficient (Wildman–Crippen LogP) is 4.31. The van der Waals surface area contributed by atoms with Gasteiger partial charge in [0, 0.05) is 11.5 Å². The number of rotatable bonds is 10. The standard InChI is InChI=1S/C22H29N3O4/c26-20(27)14-18(13-7-10-16-8-3-1-4-9-16)22-24-19(25-29-22)15-23-21(28)17-11-5-2-6-12-17/h2,5-6,11-12,16,18H,1,3-4,7-10,13-15H2,(H,23,28)(H,26,27). The summed E-state index contributed by atoms with van der Waals surface area (Å²) in [4.78, 5) is 27.7. The van der Waals surface area contributed by atoms with Crippen LogP contribution in [0.1, 0.15) is 85.8 Å². The highest BCUT2D eigenvalue weighted by molar-refractivity contribution is 5.93. The molecule has 1 aromatic heterocycles. The molecule has 0 bridgehead atoms. The molecule has 1 unspecified atom stereocenters. The zero-order valence-corrected chi connectivity index (χ0v) is 16.7. The Hall–Kier alpha value is -2.70. The van der Waals surface area contributed by atoms with Gasteiger partial charge >= 0.3 is 5.97 Å². The largest absolute Gasteiger partial charge is 0.481 e. The van der Waals surface area contributed by atoms with E-state index in [0.717, 1.165) is 25.2 Å². The first kappa shape index (κ1) is 21.0. The van der Waals surface area contributed by atoms with Gasteiger partial charge in [0.1, 0.15) is 0 Å². The quantitative estimate of drug-likeness (QED) is 0.617. The van der Waals surface area contributed by atoms with Crippen molar-refractivity contribution in [2.24, 2.45) is 5.92 Å². The summed E-state index contributed by atoms with van der Waals surface area (Å²) in [5, 5.41) is 15.9. The Labute approximate surface area is 170 Å². The molecule has 0 spiro atoms. The molecule has 1 aromatic carbocycles. The molecule has 7 nitrogen and oxygen atoms in total. The number of hydrogen-bond acceptors (Lipinski definition) is 5. The summed E-state index contributed by atoms with van der Waals surface area (Å²) < 4.78 is 5.33. The van der Waals surface area contributed by atoms with Crippen molar-refractivity contribution in [2.75, 3.05) is 0 Å². The molecule has 1 heterocycles. The van der Waals surface area contributed by atoms with Crippen LogP contribution in [0.3, 0.4) is 0 Å². The molecule has 1 fully saturated rings. The fourth-order valence-electron chi connectivity index (χ4n) is 4.01. The topological polar surface area (TPSA) is 105 Å². The molecule has 2 aromatic rings. The van der Waals surface area contributed by atoms with Crippen LogP contribution in [-0.4, -0.2) is 27.1 Å². The normalized spacial score (nSPS) is 15.7. The number of aromatic nitrogens is 2. The van der Waals surface area contributed by atoms with Crippen LogP contribution >= 0.6 is 0 Å². The van der Waals surface area contributed by atoms with E-state index in [1.165, 1.54) is 32.1 Å². The number of carboxylic acids is 1. The Balaban J connectivity index is 1.52. The fraction of sp³-hybridized carbons (Fsp3) is 0.545. The monoisotopic (exact) mass is 399 g/mol. The number of carbonyl (C=O) groups excluding carboxylic acids is 1. The molecule has 2 N–H and O–H groups in total. The van der Waals surface area contributed by atoms with Crippen molar-refractivity contribution in [1.29, 1.82) is 0 Å². The summed E-state index contributed by atoms with van der Waals surface area (Å²) in [5.41, 5.74) is 0.558. The zero-order valence-electron chi connectivity index (χ0n) is 16.7. The second kappa shape index (κ2) is 10.7. The molecule has 1 aliphatic carbocycles.